The number of benzene rings is 1. The maximum absolute atomic E-state index is 13.8. The molecule has 5 unspecified atom stereocenters. The fraction of sp³-hybridized carbons (Fsp3) is 0.775. The first-order chi connectivity index (χ1) is 26.2. The summed E-state index contributed by atoms with van der Waals surface area (Å²) in [6.07, 6.45) is 9.33. The van der Waals surface area contributed by atoms with E-state index in [-0.39, 0.29) is 77.0 Å². The lowest BCUT2D eigenvalue weighted by atomic mass is 9.43. The van der Waals surface area contributed by atoms with E-state index in [1.807, 2.05) is 0 Å². The van der Waals surface area contributed by atoms with Crippen molar-refractivity contribution in [3.63, 3.8) is 0 Å². The summed E-state index contributed by atoms with van der Waals surface area (Å²) in [6.45, 7) is 7.76. The topological polar surface area (TPSA) is 210 Å². The number of fused-ring (bicyclic) bond motifs is 6. The Hall–Kier alpha value is -3.85. The number of ether oxygens (including phenoxy) is 1. The van der Waals surface area contributed by atoms with Crippen LogP contribution in [0.15, 0.2) is 16.8 Å². The van der Waals surface area contributed by atoms with Gasteiger partial charge in [-0.1, -0.05) is 20.8 Å². The maximum atomic E-state index is 13.8. The van der Waals surface area contributed by atoms with Crippen molar-refractivity contribution >= 4 is 40.2 Å². The Morgan fingerprint density at radius 2 is 1.78 bits per heavy atom. The molecule has 7 rings (SSSR count). The molecule has 4 N–H and O–H groups in total. The minimum absolute atomic E-state index is 0.0429. The summed E-state index contributed by atoms with van der Waals surface area (Å²) in [7, 11) is 1.31. The number of aromatic nitrogens is 2. The third-order valence-corrected chi connectivity index (χ3v) is 15.2. The first-order valence-electron chi connectivity index (χ1n) is 20.4. The molecule has 1 aliphatic heterocycles. The van der Waals surface area contributed by atoms with Crippen LogP contribution in [0.25, 0.3) is 11.0 Å². The Labute approximate surface area is 321 Å². The zero-order chi connectivity index (χ0) is 39.2. The van der Waals surface area contributed by atoms with Gasteiger partial charge in [0, 0.05) is 44.5 Å². The Morgan fingerprint density at radius 3 is 2.55 bits per heavy atom. The van der Waals surface area contributed by atoms with Crippen molar-refractivity contribution in [2.75, 3.05) is 25.5 Å². The number of likely N-dealkylation sites (tertiary alicyclic amines) is 1. The largest absolute Gasteiger partial charge is 0.467 e. The molecule has 2 amide bonds. The Balaban J connectivity index is 0.904. The van der Waals surface area contributed by atoms with E-state index >= 15 is 0 Å². The van der Waals surface area contributed by atoms with E-state index in [4.69, 9.17) is 9.37 Å². The van der Waals surface area contributed by atoms with E-state index in [0.29, 0.717) is 67.0 Å². The molecule has 12 atom stereocenters. The van der Waals surface area contributed by atoms with Gasteiger partial charge in [-0.05, 0) is 127 Å². The minimum Gasteiger partial charge on any atom is -0.467 e. The van der Waals surface area contributed by atoms with Gasteiger partial charge < -0.3 is 30.5 Å². The van der Waals surface area contributed by atoms with Gasteiger partial charge in [0.1, 0.15) is 6.04 Å². The molecular weight excluding hydrogens is 708 g/mol. The quantitative estimate of drug-likeness (QED) is 0.0975. The molecule has 15 heteroatoms. The van der Waals surface area contributed by atoms with E-state index in [1.165, 1.54) is 19.2 Å². The van der Waals surface area contributed by atoms with Crippen molar-refractivity contribution in [3.8, 4) is 0 Å². The van der Waals surface area contributed by atoms with Crippen LogP contribution in [-0.2, 0) is 19.1 Å². The lowest BCUT2D eigenvalue weighted by molar-refractivity contribution is -0.383. The summed E-state index contributed by atoms with van der Waals surface area (Å²) in [5.41, 5.74) is 0.869. The van der Waals surface area contributed by atoms with E-state index in [1.54, 1.807) is 4.90 Å². The van der Waals surface area contributed by atoms with Crippen LogP contribution in [0.5, 0.6) is 0 Å². The first-order valence-corrected chi connectivity index (χ1v) is 20.4. The van der Waals surface area contributed by atoms with Gasteiger partial charge in [-0.25, -0.2) is 9.42 Å². The van der Waals surface area contributed by atoms with Crippen LogP contribution in [0.1, 0.15) is 104 Å². The fourth-order valence-electron chi connectivity index (χ4n) is 12.4. The number of hydrogen-bond acceptors (Lipinski definition) is 12. The number of methoxy groups -OCH3 is 1. The van der Waals surface area contributed by atoms with Crippen LogP contribution < -0.4 is 10.6 Å². The van der Waals surface area contributed by atoms with E-state index in [9.17, 15) is 34.7 Å². The smallest absolute Gasteiger partial charge is 0.328 e. The molecule has 55 heavy (non-hydrogen) atoms. The predicted molar refractivity (Wildman–Crippen MR) is 201 cm³/mol. The number of hydrogen-bond donors (Lipinski definition) is 4. The van der Waals surface area contributed by atoms with Crippen molar-refractivity contribution in [1.29, 1.82) is 0 Å². The number of anilines is 1. The van der Waals surface area contributed by atoms with Crippen LogP contribution in [-0.4, -0.2) is 92.6 Å². The molecule has 2 heterocycles. The molecule has 5 fully saturated rings. The first kappa shape index (κ1) is 39.4. The molecule has 4 saturated carbocycles. The van der Waals surface area contributed by atoms with E-state index < -0.39 is 16.9 Å². The van der Waals surface area contributed by atoms with Gasteiger partial charge in [0.2, 0.25) is 17.3 Å². The molecule has 2 aromatic rings. The van der Waals surface area contributed by atoms with E-state index in [0.717, 1.165) is 51.4 Å². The second-order valence-corrected chi connectivity index (χ2v) is 17.9. The molecule has 1 saturated heterocycles. The monoisotopic (exact) mass is 766 g/mol. The number of nitro benzene ring substituents is 1. The fourth-order valence-corrected chi connectivity index (χ4v) is 12.4. The van der Waals surface area contributed by atoms with Gasteiger partial charge >= 0.3 is 11.7 Å². The Kier molecular flexibility index (Phi) is 11.2. The van der Waals surface area contributed by atoms with Crippen molar-refractivity contribution in [1.82, 2.24) is 20.5 Å². The van der Waals surface area contributed by atoms with Crippen LogP contribution in [0.3, 0.4) is 0 Å². The van der Waals surface area contributed by atoms with Gasteiger partial charge in [0.25, 0.3) is 0 Å². The number of aliphatic hydroxyl groups is 2. The van der Waals surface area contributed by atoms with Crippen LogP contribution >= 0.6 is 0 Å². The number of nitrogens with one attached hydrogen (secondary N) is 2. The zero-order valence-electron chi connectivity index (χ0n) is 32.6. The van der Waals surface area contributed by atoms with Crippen LogP contribution in [0.2, 0.25) is 0 Å². The number of aliphatic hydroxyl groups excluding tert-OH is 2. The number of amides is 2. The number of nitrogens with zero attached hydrogens (tertiary/aromatic N) is 4. The SMILES string of the molecule is COC(=O)[C@@H]1C[C@H](NC(=O)CCCNc2ccc([N+](=O)[O-])c3nonc23)CN1C(=O)CC[C@@H](C)[C@H]1CCC2C3C(O)CC4C[C@H](O)CC[C@]4(C)C3CC[C@@]21C. The summed E-state index contributed by atoms with van der Waals surface area (Å²) >= 11 is 0. The van der Waals surface area contributed by atoms with Gasteiger partial charge in [-0.3, -0.25) is 19.7 Å². The molecule has 0 radical (unpaired) electrons. The summed E-state index contributed by atoms with van der Waals surface area (Å²) in [4.78, 5) is 51.8. The highest BCUT2D eigenvalue weighted by Crippen LogP contribution is 2.68. The highest BCUT2D eigenvalue weighted by atomic mass is 16.6. The van der Waals surface area contributed by atoms with Gasteiger partial charge in [-0.15, -0.1) is 0 Å². The van der Waals surface area contributed by atoms with Gasteiger partial charge in [-0.2, -0.15) is 0 Å². The lowest BCUT2D eigenvalue weighted by Gasteiger charge is -2.62. The minimum atomic E-state index is -0.761. The summed E-state index contributed by atoms with van der Waals surface area (Å²) < 4.78 is 9.77. The normalized spacial score (nSPS) is 36.0. The summed E-state index contributed by atoms with van der Waals surface area (Å²) in [5, 5.41) is 46.8. The average Bonchev–Trinajstić information content (AvgIpc) is 3.90. The number of rotatable bonds is 12. The Bertz CT molecular complexity index is 1770. The number of esters is 1. The third-order valence-electron chi connectivity index (χ3n) is 15.2. The summed E-state index contributed by atoms with van der Waals surface area (Å²) in [5.74, 6) is 1.58. The zero-order valence-corrected chi connectivity index (χ0v) is 32.6. The standard InChI is InChI=1S/C40H58N6O9/c1-22(26-8-9-27-35-28(14-16-40(26,27)3)39(2)15-13-25(47)18-23(39)19-32(35)48)7-12-34(50)45-21-24(20-31(45)38(51)54-4)42-33(49)6-5-17-41-29-10-11-30(46(52)53)37-36(29)43-55-44-37/h10-11,22-28,31-32,35,41,47-48H,5-9,12-21H2,1-4H3,(H,42,49)/t22-,23?,24+,25-,26-,27?,28?,31+,32?,35?,39+,40-/m1/s1. The molecule has 5 aliphatic rings. The lowest BCUT2D eigenvalue weighted by Crippen LogP contribution is -2.58. The van der Waals surface area contributed by atoms with Crippen molar-refractivity contribution in [2.45, 2.75) is 129 Å². The number of carbonyl (C=O) groups is 3. The van der Waals surface area contributed by atoms with Gasteiger partial charge in [0.15, 0.2) is 5.52 Å². The van der Waals surface area contributed by atoms with Gasteiger partial charge in [0.05, 0.1) is 29.9 Å². The molecule has 15 nitrogen and oxygen atoms in total. The molecular formula is C40H58N6O9. The van der Waals surface area contributed by atoms with Crippen molar-refractivity contribution in [2.24, 2.45) is 46.3 Å². The molecule has 1 aromatic heterocycles. The molecule has 4 aliphatic carbocycles. The molecule has 302 valence electrons. The average molecular weight is 767 g/mol. The highest BCUT2D eigenvalue weighted by molar-refractivity contribution is 5.93. The van der Waals surface area contributed by atoms with Crippen LogP contribution in [0, 0.1) is 56.5 Å². The summed E-state index contributed by atoms with van der Waals surface area (Å²) in [6, 6.07) is 1.70. The number of carbonyl (C=O) groups excluding carboxylic acids is 3. The predicted octanol–water partition coefficient (Wildman–Crippen LogP) is 4.99. The molecule has 0 spiro atoms. The number of non-ortho nitro benzene ring substituents is 1. The maximum Gasteiger partial charge on any atom is 0.328 e. The second-order valence-electron chi connectivity index (χ2n) is 17.9. The molecule has 1 aromatic carbocycles. The van der Waals surface area contributed by atoms with Crippen molar-refractivity contribution in [3.05, 3.63) is 22.2 Å². The molecule has 0 bridgehead atoms. The Morgan fingerprint density at radius 1 is 1.04 bits per heavy atom. The second kappa shape index (κ2) is 15.6. The highest BCUT2D eigenvalue weighted by Gasteiger charge is 2.63. The third kappa shape index (κ3) is 7.31. The number of nitro groups is 1. The van der Waals surface area contributed by atoms with Crippen molar-refractivity contribution < 1.29 is 38.9 Å². The van der Waals surface area contributed by atoms with Crippen LogP contribution in [0.4, 0.5) is 11.4 Å². The van der Waals surface area contributed by atoms with E-state index in [2.05, 4.69) is 41.7 Å².